The Morgan fingerprint density at radius 3 is 2.68 bits per heavy atom. The maximum Gasteiger partial charge on any atom is 0.251 e. The number of likely N-dealkylation sites (tertiary alicyclic amines) is 1. The van der Waals surface area contributed by atoms with Crippen molar-refractivity contribution in [3.8, 4) is 0 Å². The number of amides is 2. The van der Waals surface area contributed by atoms with Crippen LogP contribution in [0, 0.1) is 11.8 Å². The van der Waals surface area contributed by atoms with Gasteiger partial charge in [-0.1, -0.05) is 18.2 Å². The number of rotatable bonds is 4. The Hall–Kier alpha value is -1.59. The number of piperidine rings is 2. The number of hydrogen-bond acceptors (Lipinski definition) is 3. The third-order valence-corrected chi connectivity index (χ3v) is 5.06. The molecule has 2 saturated heterocycles. The molecule has 0 aliphatic carbocycles. The van der Waals surface area contributed by atoms with Gasteiger partial charge < -0.3 is 15.5 Å². The largest absolute Gasteiger partial charge is 0.352 e. The minimum Gasteiger partial charge on any atom is -0.352 e. The third-order valence-electron chi connectivity index (χ3n) is 5.06. The molecule has 138 valence electrons. The van der Waals surface area contributed by atoms with Crippen molar-refractivity contribution >= 4 is 24.2 Å². The number of benzene rings is 1. The molecular formula is C19H28ClN3O2. The van der Waals surface area contributed by atoms with Gasteiger partial charge in [0.1, 0.15) is 0 Å². The molecule has 0 radical (unpaired) electrons. The number of halogens is 1. The summed E-state index contributed by atoms with van der Waals surface area (Å²) in [6, 6.07) is 9.29. The predicted octanol–water partition coefficient (Wildman–Crippen LogP) is 2.08. The first-order valence-corrected chi connectivity index (χ1v) is 9.07. The Morgan fingerprint density at radius 2 is 1.96 bits per heavy atom. The molecule has 5 nitrogen and oxygen atoms in total. The molecule has 3 rings (SSSR count). The van der Waals surface area contributed by atoms with Crippen LogP contribution in [0.25, 0.3) is 0 Å². The van der Waals surface area contributed by atoms with Crippen LogP contribution in [0.5, 0.6) is 0 Å². The monoisotopic (exact) mass is 365 g/mol. The highest BCUT2D eigenvalue weighted by molar-refractivity contribution is 5.94. The zero-order chi connectivity index (χ0) is 16.8. The fraction of sp³-hybridized carbons (Fsp3) is 0.579. The van der Waals surface area contributed by atoms with Gasteiger partial charge in [0.2, 0.25) is 5.91 Å². The van der Waals surface area contributed by atoms with Gasteiger partial charge in [-0.2, -0.15) is 0 Å². The zero-order valence-electron chi connectivity index (χ0n) is 14.6. The van der Waals surface area contributed by atoms with Crippen LogP contribution >= 0.6 is 12.4 Å². The van der Waals surface area contributed by atoms with E-state index >= 15 is 0 Å². The highest BCUT2D eigenvalue weighted by Gasteiger charge is 2.29. The first kappa shape index (κ1) is 19.7. The molecule has 2 aliphatic heterocycles. The summed E-state index contributed by atoms with van der Waals surface area (Å²) in [6.45, 7) is 4.10. The van der Waals surface area contributed by atoms with Gasteiger partial charge in [-0.15, -0.1) is 12.4 Å². The minimum atomic E-state index is -0.0319. The molecule has 2 amide bonds. The molecular weight excluding hydrogens is 338 g/mol. The Morgan fingerprint density at radius 1 is 1.16 bits per heavy atom. The highest BCUT2D eigenvalue weighted by atomic mass is 35.5. The number of carbonyl (C=O) groups excluding carboxylic acids is 2. The van der Waals surface area contributed by atoms with Crippen molar-refractivity contribution < 1.29 is 9.59 Å². The van der Waals surface area contributed by atoms with Gasteiger partial charge >= 0.3 is 0 Å². The van der Waals surface area contributed by atoms with Crippen LogP contribution in [0.1, 0.15) is 36.0 Å². The summed E-state index contributed by atoms with van der Waals surface area (Å²) in [6.07, 6.45) is 4.18. The second kappa shape index (κ2) is 9.78. The summed E-state index contributed by atoms with van der Waals surface area (Å²) in [4.78, 5) is 26.8. The fourth-order valence-corrected chi connectivity index (χ4v) is 3.68. The number of nitrogens with zero attached hydrogens (tertiary/aromatic N) is 1. The SMILES string of the molecule is Cl.O=C(NCC1CCCN(C(=O)C2CCCNC2)C1)c1ccccc1. The second-order valence-electron chi connectivity index (χ2n) is 6.91. The summed E-state index contributed by atoms with van der Waals surface area (Å²) in [5.41, 5.74) is 0.689. The van der Waals surface area contributed by atoms with E-state index in [1.54, 1.807) is 0 Å². The molecule has 2 unspecified atom stereocenters. The van der Waals surface area contributed by atoms with Gasteiger partial charge in [0.15, 0.2) is 0 Å². The molecule has 0 spiro atoms. The first-order chi connectivity index (χ1) is 11.7. The van der Waals surface area contributed by atoms with E-state index in [1.807, 2.05) is 35.2 Å². The van der Waals surface area contributed by atoms with Crippen molar-refractivity contribution in [3.63, 3.8) is 0 Å². The lowest BCUT2D eigenvalue weighted by atomic mass is 9.93. The summed E-state index contributed by atoms with van der Waals surface area (Å²) < 4.78 is 0. The third kappa shape index (κ3) is 5.44. The van der Waals surface area contributed by atoms with Crippen molar-refractivity contribution in [1.82, 2.24) is 15.5 Å². The minimum absolute atomic E-state index is 0. The average Bonchev–Trinajstić information content (AvgIpc) is 2.67. The van der Waals surface area contributed by atoms with E-state index in [9.17, 15) is 9.59 Å². The topological polar surface area (TPSA) is 61.4 Å². The van der Waals surface area contributed by atoms with Gasteiger partial charge in [0, 0.05) is 31.7 Å². The van der Waals surface area contributed by atoms with Crippen molar-refractivity contribution in [2.24, 2.45) is 11.8 Å². The Labute approximate surface area is 155 Å². The van der Waals surface area contributed by atoms with Crippen molar-refractivity contribution in [2.45, 2.75) is 25.7 Å². The van der Waals surface area contributed by atoms with E-state index in [0.717, 1.165) is 51.9 Å². The van der Waals surface area contributed by atoms with Crippen LogP contribution in [-0.4, -0.2) is 49.4 Å². The molecule has 1 aromatic carbocycles. The Bertz CT molecular complexity index is 561. The lowest BCUT2D eigenvalue weighted by molar-refractivity contribution is -0.137. The van der Waals surface area contributed by atoms with Crippen molar-refractivity contribution in [2.75, 3.05) is 32.7 Å². The summed E-state index contributed by atoms with van der Waals surface area (Å²) in [5.74, 6) is 0.750. The molecule has 6 heteroatoms. The lowest BCUT2D eigenvalue weighted by Crippen LogP contribution is -2.48. The maximum absolute atomic E-state index is 12.7. The zero-order valence-corrected chi connectivity index (χ0v) is 15.4. The molecule has 0 bridgehead atoms. The summed E-state index contributed by atoms with van der Waals surface area (Å²) >= 11 is 0. The number of nitrogens with one attached hydrogen (secondary N) is 2. The quantitative estimate of drug-likeness (QED) is 0.858. The van der Waals surface area contributed by atoms with Gasteiger partial charge in [0.25, 0.3) is 5.91 Å². The predicted molar refractivity (Wildman–Crippen MR) is 101 cm³/mol. The van der Waals surface area contributed by atoms with E-state index in [1.165, 1.54) is 0 Å². The Kier molecular flexibility index (Phi) is 7.72. The van der Waals surface area contributed by atoms with E-state index in [0.29, 0.717) is 23.9 Å². The van der Waals surface area contributed by atoms with Gasteiger partial charge in [0.05, 0.1) is 5.92 Å². The molecule has 2 atom stereocenters. The molecule has 0 aromatic heterocycles. The van der Waals surface area contributed by atoms with Crippen LogP contribution in [0.3, 0.4) is 0 Å². The molecule has 2 heterocycles. The molecule has 25 heavy (non-hydrogen) atoms. The molecule has 2 fully saturated rings. The lowest BCUT2D eigenvalue weighted by Gasteiger charge is -2.36. The van der Waals surface area contributed by atoms with Crippen LogP contribution < -0.4 is 10.6 Å². The van der Waals surface area contributed by atoms with E-state index < -0.39 is 0 Å². The van der Waals surface area contributed by atoms with Gasteiger partial charge in [-0.05, 0) is 50.3 Å². The van der Waals surface area contributed by atoms with Crippen LogP contribution in [0.2, 0.25) is 0 Å². The molecule has 2 N–H and O–H groups in total. The second-order valence-corrected chi connectivity index (χ2v) is 6.91. The van der Waals surface area contributed by atoms with Gasteiger partial charge in [-0.3, -0.25) is 9.59 Å². The normalized spacial score (nSPS) is 23.4. The number of carbonyl (C=O) groups is 2. The van der Waals surface area contributed by atoms with E-state index in [-0.39, 0.29) is 24.2 Å². The highest BCUT2D eigenvalue weighted by Crippen LogP contribution is 2.20. The average molecular weight is 366 g/mol. The van der Waals surface area contributed by atoms with Crippen LogP contribution in [0.4, 0.5) is 0 Å². The van der Waals surface area contributed by atoms with E-state index in [4.69, 9.17) is 0 Å². The van der Waals surface area contributed by atoms with Crippen LogP contribution in [0.15, 0.2) is 30.3 Å². The molecule has 0 saturated carbocycles. The van der Waals surface area contributed by atoms with Crippen molar-refractivity contribution in [1.29, 1.82) is 0 Å². The van der Waals surface area contributed by atoms with Crippen molar-refractivity contribution in [3.05, 3.63) is 35.9 Å². The number of hydrogen-bond donors (Lipinski definition) is 2. The van der Waals surface area contributed by atoms with E-state index in [2.05, 4.69) is 10.6 Å². The standard InChI is InChI=1S/C19H27N3O2.ClH/c23-18(16-7-2-1-3-8-16)21-12-15-6-5-11-22(14-15)19(24)17-9-4-10-20-13-17;/h1-3,7-8,15,17,20H,4-6,9-14H2,(H,21,23);1H. The molecule has 1 aromatic rings. The first-order valence-electron chi connectivity index (χ1n) is 9.07. The maximum atomic E-state index is 12.7. The molecule has 2 aliphatic rings. The summed E-state index contributed by atoms with van der Waals surface area (Å²) in [5, 5.41) is 6.34. The van der Waals surface area contributed by atoms with Crippen LogP contribution in [-0.2, 0) is 4.79 Å². The smallest absolute Gasteiger partial charge is 0.251 e. The Balaban J connectivity index is 0.00000225. The van der Waals surface area contributed by atoms with Gasteiger partial charge in [-0.25, -0.2) is 0 Å². The summed E-state index contributed by atoms with van der Waals surface area (Å²) in [7, 11) is 0. The fourth-order valence-electron chi connectivity index (χ4n) is 3.68.